The molecule has 29 heavy (non-hydrogen) atoms. The summed E-state index contributed by atoms with van der Waals surface area (Å²) in [5.74, 6) is 0.0303. The van der Waals surface area contributed by atoms with Gasteiger partial charge in [-0.25, -0.2) is 0 Å². The number of fused-ring (bicyclic) bond motifs is 2. The molecule has 0 fully saturated rings. The fourth-order valence-corrected chi connectivity index (χ4v) is 4.03. The summed E-state index contributed by atoms with van der Waals surface area (Å²) in [5.41, 5.74) is 6.26. The predicted molar refractivity (Wildman–Crippen MR) is 111 cm³/mol. The molecule has 0 N–H and O–H groups in total. The molecule has 0 spiro atoms. The zero-order valence-electron chi connectivity index (χ0n) is 16.5. The van der Waals surface area contributed by atoms with Gasteiger partial charge in [-0.2, -0.15) is 5.10 Å². The second kappa shape index (κ2) is 6.81. The lowest BCUT2D eigenvalue weighted by atomic mass is 10.0. The third-order valence-electron chi connectivity index (χ3n) is 5.44. The van der Waals surface area contributed by atoms with Gasteiger partial charge in [0.1, 0.15) is 0 Å². The third kappa shape index (κ3) is 3.06. The van der Waals surface area contributed by atoms with E-state index < -0.39 is 0 Å². The van der Waals surface area contributed by atoms with E-state index >= 15 is 0 Å². The molecule has 6 nitrogen and oxygen atoms in total. The van der Waals surface area contributed by atoms with Gasteiger partial charge in [-0.3, -0.25) is 19.4 Å². The second-order valence-electron chi connectivity index (χ2n) is 7.45. The Bertz CT molecular complexity index is 1240. The highest BCUT2D eigenvalue weighted by Crippen LogP contribution is 2.31. The Hall–Kier alpha value is -3.54. The topological polar surface area (TPSA) is 63.9 Å². The number of hydrogen-bond acceptors (Lipinski definition) is 4. The summed E-state index contributed by atoms with van der Waals surface area (Å²) in [4.78, 5) is 24.2. The van der Waals surface area contributed by atoms with Crippen LogP contribution in [0, 0.1) is 6.92 Å². The van der Waals surface area contributed by atoms with Crippen LogP contribution in [-0.2, 0) is 20.0 Å². The molecule has 0 saturated heterocycles. The Balaban J connectivity index is 1.39. The minimum atomic E-state index is 0.0303. The molecule has 3 aromatic heterocycles. The Kier molecular flexibility index (Phi) is 4.12. The SMILES string of the molecule is Cc1cc(-c2ccnc3c2C(=O)N(CCc2ccc4ccccc4n2)C3)n(C)n1. The molecule has 1 aliphatic heterocycles. The van der Waals surface area contributed by atoms with Crippen molar-refractivity contribution in [3.63, 3.8) is 0 Å². The summed E-state index contributed by atoms with van der Waals surface area (Å²) in [6, 6.07) is 16.1. The first kappa shape index (κ1) is 17.6. The minimum absolute atomic E-state index is 0.0303. The largest absolute Gasteiger partial charge is 0.332 e. The van der Waals surface area contributed by atoms with E-state index in [0.717, 1.165) is 39.2 Å². The van der Waals surface area contributed by atoms with Gasteiger partial charge in [-0.1, -0.05) is 24.3 Å². The zero-order valence-corrected chi connectivity index (χ0v) is 16.5. The predicted octanol–water partition coefficient (Wildman–Crippen LogP) is 3.54. The monoisotopic (exact) mass is 383 g/mol. The van der Waals surface area contributed by atoms with Crippen LogP contribution in [0.15, 0.2) is 54.7 Å². The Labute approximate surface area is 168 Å². The number of para-hydroxylation sites is 1. The van der Waals surface area contributed by atoms with E-state index in [1.807, 2.05) is 60.0 Å². The molecule has 0 radical (unpaired) electrons. The van der Waals surface area contributed by atoms with E-state index in [9.17, 15) is 4.79 Å². The first-order chi connectivity index (χ1) is 14.1. The second-order valence-corrected chi connectivity index (χ2v) is 7.45. The minimum Gasteiger partial charge on any atom is -0.332 e. The Morgan fingerprint density at radius 1 is 1.10 bits per heavy atom. The van der Waals surface area contributed by atoms with Gasteiger partial charge < -0.3 is 4.90 Å². The van der Waals surface area contributed by atoms with E-state index in [-0.39, 0.29) is 5.91 Å². The van der Waals surface area contributed by atoms with Crippen LogP contribution in [0.3, 0.4) is 0 Å². The zero-order chi connectivity index (χ0) is 20.0. The molecule has 4 heterocycles. The van der Waals surface area contributed by atoms with Crippen LogP contribution in [0.2, 0.25) is 0 Å². The molecule has 1 amide bonds. The summed E-state index contributed by atoms with van der Waals surface area (Å²) < 4.78 is 1.82. The van der Waals surface area contributed by atoms with Gasteiger partial charge in [0.05, 0.1) is 34.7 Å². The van der Waals surface area contributed by atoms with Crippen molar-refractivity contribution in [2.45, 2.75) is 19.9 Å². The first-order valence-corrected chi connectivity index (χ1v) is 9.73. The highest BCUT2D eigenvalue weighted by molar-refractivity contribution is 6.03. The number of carbonyl (C=O) groups is 1. The van der Waals surface area contributed by atoms with Gasteiger partial charge in [-0.05, 0) is 31.2 Å². The van der Waals surface area contributed by atoms with Gasteiger partial charge in [0.15, 0.2) is 0 Å². The van der Waals surface area contributed by atoms with Gasteiger partial charge in [0, 0.05) is 42.9 Å². The summed E-state index contributed by atoms with van der Waals surface area (Å²) >= 11 is 0. The number of benzene rings is 1. The normalized spacial score (nSPS) is 13.3. The van der Waals surface area contributed by atoms with E-state index in [2.05, 4.69) is 22.2 Å². The lowest BCUT2D eigenvalue weighted by Gasteiger charge is -2.15. The quantitative estimate of drug-likeness (QED) is 0.541. The number of hydrogen-bond donors (Lipinski definition) is 0. The van der Waals surface area contributed by atoms with Crippen molar-refractivity contribution in [2.24, 2.45) is 7.05 Å². The molecular weight excluding hydrogens is 362 g/mol. The maximum atomic E-state index is 13.2. The number of carbonyl (C=O) groups excluding carboxylic acids is 1. The molecular formula is C23H21N5O. The van der Waals surface area contributed by atoms with Crippen LogP contribution in [0.25, 0.3) is 22.2 Å². The summed E-state index contributed by atoms with van der Waals surface area (Å²) in [6.45, 7) is 3.10. The molecule has 0 atom stereocenters. The van der Waals surface area contributed by atoms with Gasteiger partial charge in [0.25, 0.3) is 5.91 Å². The molecule has 144 valence electrons. The van der Waals surface area contributed by atoms with Crippen molar-refractivity contribution < 1.29 is 4.79 Å². The van der Waals surface area contributed by atoms with Crippen LogP contribution >= 0.6 is 0 Å². The Morgan fingerprint density at radius 3 is 2.79 bits per heavy atom. The lowest BCUT2D eigenvalue weighted by Crippen LogP contribution is -2.26. The molecule has 6 heteroatoms. The third-order valence-corrected chi connectivity index (χ3v) is 5.44. The molecule has 1 aliphatic rings. The standard InChI is InChI=1S/C23H21N5O/c1-15-13-21(27(2)26-15)18-9-11-24-20-14-28(23(29)22(18)20)12-10-17-8-7-16-5-3-4-6-19(16)25-17/h3-9,11,13H,10,12,14H2,1-2H3. The molecule has 4 aromatic rings. The lowest BCUT2D eigenvalue weighted by molar-refractivity contribution is 0.0780. The summed E-state index contributed by atoms with van der Waals surface area (Å²) in [6.07, 6.45) is 2.49. The van der Waals surface area contributed by atoms with Crippen molar-refractivity contribution in [3.05, 3.63) is 77.4 Å². The fraction of sp³-hybridized carbons (Fsp3) is 0.217. The number of pyridine rings is 2. The molecule has 0 unspecified atom stereocenters. The van der Waals surface area contributed by atoms with E-state index in [4.69, 9.17) is 4.98 Å². The average Bonchev–Trinajstić information content (AvgIpc) is 3.24. The van der Waals surface area contributed by atoms with Crippen LogP contribution in [-0.4, -0.2) is 37.1 Å². The summed E-state index contributed by atoms with van der Waals surface area (Å²) in [5, 5.41) is 5.55. The van der Waals surface area contributed by atoms with Crippen molar-refractivity contribution in [2.75, 3.05) is 6.54 Å². The highest BCUT2D eigenvalue weighted by Gasteiger charge is 2.32. The van der Waals surface area contributed by atoms with Crippen molar-refractivity contribution >= 4 is 16.8 Å². The molecule has 1 aromatic carbocycles. The molecule has 0 bridgehead atoms. The van der Waals surface area contributed by atoms with Crippen molar-refractivity contribution in [1.29, 1.82) is 0 Å². The average molecular weight is 383 g/mol. The Morgan fingerprint density at radius 2 is 1.97 bits per heavy atom. The first-order valence-electron chi connectivity index (χ1n) is 9.73. The van der Waals surface area contributed by atoms with Crippen LogP contribution in [0.4, 0.5) is 0 Å². The van der Waals surface area contributed by atoms with E-state index in [0.29, 0.717) is 25.1 Å². The summed E-state index contributed by atoms with van der Waals surface area (Å²) in [7, 11) is 1.90. The maximum Gasteiger partial charge on any atom is 0.256 e. The number of rotatable bonds is 4. The van der Waals surface area contributed by atoms with E-state index in [1.165, 1.54) is 0 Å². The van der Waals surface area contributed by atoms with Crippen LogP contribution < -0.4 is 0 Å². The van der Waals surface area contributed by atoms with Crippen molar-refractivity contribution in [1.82, 2.24) is 24.6 Å². The highest BCUT2D eigenvalue weighted by atomic mass is 16.2. The fourth-order valence-electron chi connectivity index (χ4n) is 4.03. The molecule has 0 saturated carbocycles. The number of nitrogens with zero attached hydrogens (tertiary/aromatic N) is 5. The maximum absolute atomic E-state index is 13.2. The number of aryl methyl sites for hydroxylation is 2. The van der Waals surface area contributed by atoms with Crippen molar-refractivity contribution in [3.8, 4) is 11.3 Å². The van der Waals surface area contributed by atoms with Crippen LogP contribution in [0.5, 0.6) is 0 Å². The van der Waals surface area contributed by atoms with Gasteiger partial charge in [0.2, 0.25) is 0 Å². The molecule has 5 rings (SSSR count). The number of aromatic nitrogens is 4. The number of amides is 1. The van der Waals surface area contributed by atoms with Crippen LogP contribution in [0.1, 0.15) is 27.4 Å². The van der Waals surface area contributed by atoms with Gasteiger partial charge in [-0.15, -0.1) is 0 Å². The smallest absolute Gasteiger partial charge is 0.256 e. The van der Waals surface area contributed by atoms with E-state index in [1.54, 1.807) is 6.20 Å². The molecule has 0 aliphatic carbocycles. The van der Waals surface area contributed by atoms with Gasteiger partial charge >= 0.3 is 0 Å².